The summed E-state index contributed by atoms with van der Waals surface area (Å²) < 4.78 is 12.9. The van der Waals surface area contributed by atoms with Crippen LogP contribution in [0.3, 0.4) is 0 Å². The van der Waals surface area contributed by atoms with Crippen molar-refractivity contribution in [3.05, 3.63) is 65.5 Å². The van der Waals surface area contributed by atoms with Gasteiger partial charge in [-0.15, -0.1) is 0 Å². The molecule has 0 bridgehead atoms. The molecule has 0 radical (unpaired) electrons. The van der Waals surface area contributed by atoms with Crippen LogP contribution >= 0.6 is 0 Å². The van der Waals surface area contributed by atoms with Gasteiger partial charge in [0.05, 0.1) is 5.69 Å². The normalized spacial score (nSPS) is 16.2. The third-order valence-electron chi connectivity index (χ3n) is 3.21. The first-order valence-corrected chi connectivity index (χ1v) is 6.47. The maximum atomic E-state index is 12.9. The minimum absolute atomic E-state index is 0.0316. The molecule has 0 saturated carbocycles. The highest BCUT2D eigenvalue weighted by Gasteiger charge is 2.34. The van der Waals surface area contributed by atoms with E-state index >= 15 is 0 Å². The third kappa shape index (κ3) is 2.42. The zero-order valence-corrected chi connectivity index (χ0v) is 11.3. The molecule has 3 rings (SSSR count). The molecule has 2 N–H and O–H groups in total. The Morgan fingerprint density at radius 3 is 2.41 bits per heavy atom. The fourth-order valence-electron chi connectivity index (χ4n) is 2.09. The quantitative estimate of drug-likeness (QED) is 0.658. The number of benzene rings is 2. The number of halogens is 1. The van der Waals surface area contributed by atoms with Crippen molar-refractivity contribution in [2.24, 2.45) is 0 Å². The minimum atomic E-state index is -0.586. The number of amides is 2. The zero-order valence-electron chi connectivity index (χ0n) is 11.3. The highest BCUT2D eigenvalue weighted by molar-refractivity contribution is 6.31. The smallest absolute Gasteiger partial charge is 0.282 e. The molecule has 0 unspecified atom stereocenters. The number of nitrogens with zero attached hydrogens (tertiary/aromatic N) is 1. The Morgan fingerprint density at radius 2 is 1.73 bits per heavy atom. The maximum Gasteiger partial charge on any atom is 0.282 e. The van der Waals surface area contributed by atoms with Crippen LogP contribution in [0.25, 0.3) is 6.08 Å². The van der Waals surface area contributed by atoms with E-state index in [9.17, 15) is 19.1 Å². The lowest BCUT2D eigenvalue weighted by atomic mass is 10.1. The standard InChI is InChI=1S/C16H11FN2O3/c17-11-5-7-12(8-6-11)19-16(22)13(15(21)18-19)9-10-3-1-2-4-14(10)20/h1-9,20H,(H,18,21)/b13-9+. The van der Waals surface area contributed by atoms with E-state index in [0.29, 0.717) is 11.3 Å². The molecule has 110 valence electrons. The fourth-order valence-corrected chi connectivity index (χ4v) is 2.09. The van der Waals surface area contributed by atoms with E-state index < -0.39 is 17.6 Å². The van der Waals surface area contributed by atoms with Gasteiger partial charge in [-0.05, 0) is 36.4 Å². The van der Waals surface area contributed by atoms with Gasteiger partial charge >= 0.3 is 0 Å². The monoisotopic (exact) mass is 298 g/mol. The summed E-state index contributed by atoms with van der Waals surface area (Å²) in [6.07, 6.45) is 1.32. The van der Waals surface area contributed by atoms with E-state index in [-0.39, 0.29) is 11.3 Å². The number of hydrazine groups is 1. The molecular formula is C16H11FN2O3. The lowest BCUT2D eigenvalue weighted by Gasteiger charge is -2.14. The number of phenolic OH excluding ortho intramolecular Hbond substituents is 1. The van der Waals surface area contributed by atoms with Gasteiger partial charge in [-0.25, -0.2) is 9.40 Å². The van der Waals surface area contributed by atoms with Crippen molar-refractivity contribution in [2.45, 2.75) is 0 Å². The molecule has 0 atom stereocenters. The summed E-state index contributed by atoms with van der Waals surface area (Å²) in [4.78, 5) is 24.3. The Hall–Kier alpha value is -3.15. The van der Waals surface area contributed by atoms with E-state index in [0.717, 1.165) is 5.01 Å². The minimum Gasteiger partial charge on any atom is -0.507 e. The second-order valence-electron chi connectivity index (χ2n) is 4.67. The number of anilines is 1. The predicted molar refractivity (Wildman–Crippen MR) is 78.1 cm³/mol. The molecule has 0 aromatic heterocycles. The topological polar surface area (TPSA) is 69.6 Å². The van der Waals surface area contributed by atoms with Crippen LogP contribution in [0.1, 0.15) is 5.56 Å². The number of hydrogen-bond donors (Lipinski definition) is 2. The first-order chi connectivity index (χ1) is 10.6. The van der Waals surface area contributed by atoms with Crippen molar-refractivity contribution in [3.8, 4) is 5.75 Å². The first kappa shape index (κ1) is 13.8. The summed E-state index contributed by atoms with van der Waals surface area (Å²) >= 11 is 0. The number of rotatable bonds is 2. The first-order valence-electron chi connectivity index (χ1n) is 6.47. The van der Waals surface area contributed by atoms with E-state index in [4.69, 9.17) is 0 Å². The highest BCUT2D eigenvalue weighted by atomic mass is 19.1. The maximum absolute atomic E-state index is 12.9. The highest BCUT2D eigenvalue weighted by Crippen LogP contribution is 2.24. The molecule has 22 heavy (non-hydrogen) atoms. The van der Waals surface area contributed by atoms with Gasteiger partial charge in [0, 0.05) is 5.56 Å². The number of phenols is 1. The Kier molecular flexibility index (Phi) is 3.34. The summed E-state index contributed by atoms with van der Waals surface area (Å²) in [5.41, 5.74) is 3.01. The molecule has 0 aliphatic carbocycles. The molecule has 1 aliphatic heterocycles. The lowest BCUT2D eigenvalue weighted by Crippen LogP contribution is -2.35. The second-order valence-corrected chi connectivity index (χ2v) is 4.67. The van der Waals surface area contributed by atoms with Gasteiger partial charge in [0.15, 0.2) is 0 Å². The Morgan fingerprint density at radius 1 is 1.05 bits per heavy atom. The van der Waals surface area contributed by atoms with Gasteiger partial charge in [0.25, 0.3) is 11.8 Å². The van der Waals surface area contributed by atoms with Crippen LogP contribution in [-0.2, 0) is 9.59 Å². The Bertz CT molecular complexity index is 784. The average molecular weight is 298 g/mol. The van der Waals surface area contributed by atoms with E-state index in [1.165, 1.54) is 36.4 Å². The van der Waals surface area contributed by atoms with Crippen molar-refractivity contribution in [2.75, 3.05) is 5.01 Å². The number of carbonyl (C=O) groups excluding carboxylic acids is 2. The van der Waals surface area contributed by atoms with Gasteiger partial charge in [-0.2, -0.15) is 0 Å². The van der Waals surface area contributed by atoms with Crippen LogP contribution in [0.5, 0.6) is 5.75 Å². The molecule has 0 spiro atoms. The van der Waals surface area contributed by atoms with Gasteiger partial charge in [-0.3, -0.25) is 15.0 Å². The predicted octanol–water partition coefficient (Wildman–Crippen LogP) is 1.99. The second kappa shape index (κ2) is 5.33. The van der Waals surface area contributed by atoms with Crippen molar-refractivity contribution >= 4 is 23.6 Å². The Labute approximate surface area is 125 Å². The van der Waals surface area contributed by atoms with Crippen LogP contribution in [-0.4, -0.2) is 16.9 Å². The summed E-state index contributed by atoms with van der Waals surface area (Å²) in [5.74, 6) is -1.63. The third-order valence-corrected chi connectivity index (χ3v) is 3.21. The number of aromatic hydroxyl groups is 1. The van der Waals surface area contributed by atoms with Crippen molar-refractivity contribution < 1.29 is 19.1 Å². The summed E-state index contributed by atoms with van der Waals surface area (Å²) in [6.45, 7) is 0. The lowest BCUT2D eigenvalue weighted by molar-refractivity contribution is -0.117. The van der Waals surface area contributed by atoms with Gasteiger partial charge < -0.3 is 5.11 Å². The van der Waals surface area contributed by atoms with Crippen LogP contribution in [0, 0.1) is 5.82 Å². The molecule has 1 aliphatic rings. The summed E-state index contributed by atoms with van der Waals surface area (Å²) in [5, 5.41) is 10.7. The van der Waals surface area contributed by atoms with Crippen LogP contribution in [0.4, 0.5) is 10.1 Å². The van der Waals surface area contributed by atoms with Crippen LogP contribution in [0.2, 0.25) is 0 Å². The average Bonchev–Trinajstić information content (AvgIpc) is 2.78. The van der Waals surface area contributed by atoms with Gasteiger partial charge in [0.1, 0.15) is 17.1 Å². The molecule has 5 nitrogen and oxygen atoms in total. The Balaban J connectivity index is 1.95. The van der Waals surface area contributed by atoms with Crippen molar-refractivity contribution in [1.29, 1.82) is 0 Å². The number of para-hydroxylation sites is 1. The summed E-state index contributed by atoms with van der Waals surface area (Å²) in [6, 6.07) is 11.5. The molecule has 1 fully saturated rings. The number of nitrogens with one attached hydrogen (secondary N) is 1. The molecular weight excluding hydrogens is 287 g/mol. The van der Waals surface area contributed by atoms with E-state index in [2.05, 4.69) is 5.43 Å². The SMILES string of the molecule is O=C1NN(c2ccc(F)cc2)C(=O)/C1=C/c1ccccc1O. The van der Waals surface area contributed by atoms with Crippen LogP contribution < -0.4 is 10.4 Å². The number of carbonyl (C=O) groups is 2. The molecule has 2 aromatic rings. The van der Waals surface area contributed by atoms with E-state index in [1.807, 2.05) is 0 Å². The van der Waals surface area contributed by atoms with Crippen LogP contribution in [0.15, 0.2) is 54.1 Å². The van der Waals surface area contributed by atoms with Crippen molar-refractivity contribution in [1.82, 2.24) is 5.43 Å². The van der Waals surface area contributed by atoms with Gasteiger partial charge in [0.2, 0.25) is 0 Å². The number of hydrogen-bond acceptors (Lipinski definition) is 3. The van der Waals surface area contributed by atoms with Crippen molar-refractivity contribution in [3.63, 3.8) is 0 Å². The fraction of sp³-hybridized carbons (Fsp3) is 0. The molecule has 2 amide bonds. The van der Waals surface area contributed by atoms with E-state index in [1.54, 1.807) is 18.2 Å². The molecule has 1 saturated heterocycles. The largest absolute Gasteiger partial charge is 0.507 e. The molecule has 2 aromatic carbocycles. The van der Waals surface area contributed by atoms with Gasteiger partial charge in [-0.1, -0.05) is 18.2 Å². The zero-order chi connectivity index (χ0) is 15.7. The molecule has 6 heteroatoms. The summed E-state index contributed by atoms with van der Waals surface area (Å²) in [7, 11) is 0. The molecule has 1 heterocycles.